The highest BCUT2D eigenvalue weighted by molar-refractivity contribution is 7.17. The molecular weight excluding hydrogens is 464 g/mol. The van der Waals surface area contributed by atoms with Crippen LogP contribution in [0.5, 0.6) is 5.75 Å². The Morgan fingerprint density at radius 3 is 2.68 bits per heavy atom. The summed E-state index contributed by atoms with van der Waals surface area (Å²) in [5.74, 6) is 7.68. The van der Waals surface area contributed by atoms with Crippen LogP contribution in [0.1, 0.15) is 29.8 Å². The molecule has 7 heteroatoms. The van der Waals surface area contributed by atoms with Crippen LogP contribution in [0.4, 0.5) is 0 Å². The zero-order valence-corrected chi connectivity index (χ0v) is 20.0. The molecule has 34 heavy (non-hydrogen) atoms. The highest BCUT2D eigenvalue weighted by Gasteiger charge is 2.13. The number of H-pyrrole nitrogens is 1. The van der Waals surface area contributed by atoms with E-state index in [1.54, 1.807) is 11.3 Å². The fraction of sp³-hybridized carbons (Fsp3) is 0.148. The summed E-state index contributed by atoms with van der Waals surface area (Å²) in [5.41, 5.74) is 4.40. The van der Waals surface area contributed by atoms with Crippen molar-refractivity contribution in [3.63, 3.8) is 0 Å². The molecule has 5 nitrogen and oxygen atoms in total. The van der Waals surface area contributed by atoms with Crippen LogP contribution in [-0.2, 0) is 13.0 Å². The van der Waals surface area contributed by atoms with Crippen molar-refractivity contribution in [2.24, 2.45) is 0 Å². The first-order valence-corrected chi connectivity index (χ1v) is 12.1. The minimum absolute atomic E-state index is 0.000815. The minimum Gasteiger partial charge on any atom is -0.489 e. The van der Waals surface area contributed by atoms with E-state index in [-0.39, 0.29) is 5.92 Å². The number of nitrogens with one attached hydrogen (secondary N) is 1. The summed E-state index contributed by atoms with van der Waals surface area (Å²) in [5, 5.41) is 18.3. The number of halogens is 1. The Morgan fingerprint density at radius 1 is 1.06 bits per heavy atom. The zero-order valence-electron chi connectivity index (χ0n) is 18.5. The van der Waals surface area contributed by atoms with Crippen molar-refractivity contribution in [3.05, 3.63) is 94.1 Å². The lowest BCUT2D eigenvalue weighted by atomic mass is 9.96. The number of thiophene rings is 1. The third-order valence-corrected chi connectivity index (χ3v) is 6.88. The van der Waals surface area contributed by atoms with Crippen LogP contribution in [0.15, 0.2) is 72.1 Å². The number of nitrogens with zero attached hydrogens (tertiary/aromatic N) is 3. The van der Waals surface area contributed by atoms with Gasteiger partial charge in [-0.3, -0.25) is 0 Å². The molecule has 0 aliphatic rings. The number of aromatic amines is 1. The highest BCUT2D eigenvalue weighted by atomic mass is 35.5. The molecule has 0 unspecified atom stereocenters. The average molecular weight is 485 g/mol. The molecule has 3 aromatic carbocycles. The molecule has 0 aliphatic carbocycles. The molecule has 0 saturated carbocycles. The van der Waals surface area contributed by atoms with Gasteiger partial charge >= 0.3 is 0 Å². The van der Waals surface area contributed by atoms with Gasteiger partial charge in [-0.25, -0.2) is 0 Å². The van der Waals surface area contributed by atoms with E-state index in [0.29, 0.717) is 18.9 Å². The average Bonchev–Trinajstić information content (AvgIpc) is 3.53. The van der Waals surface area contributed by atoms with Crippen molar-refractivity contribution >= 4 is 33.0 Å². The summed E-state index contributed by atoms with van der Waals surface area (Å²) in [6, 6.07) is 22.4. The molecule has 0 saturated heterocycles. The van der Waals surface area contributed by atoms with Gasteiger partial charge in [0.25, 0.3) is 0 Å². The summed E-state index contributed by atoms with van der Waals surface area (Å²) in [6.45, 7) is 2.32. The summed E-state index contributed by atoms with van der Waals surface area (Å²) in [7, 11) is 0. The number of benzene rings is 3. The second kappa shape index (κ2) is 10.1. The van der Waals surface area contributed by atoms with E-state index in [0.717, 1.165) is 33.0 Å². The number of hydrogen-bond acceptors (Lipinski definition) is 5. The SMILES string of the molecule is CC#C[C@@H](Cc1nn[nH]n1)c1ccc(OCc2ccc3scc(-c4ccccc4Cl)c3c2)cc1. The first-order chi connectivity index (χ1) is 16.7. The summed E-state index contributed by atoms with van der Waals surface area (Å²) in [4.78, 5) is 0. The van der Waals surface area contributed by atoms with E-state index in [9.17, 15) is 0 Å². The number of aromatic nitrogens is 4. The van der Waals surface area contributed by atoms with Crippen molar-refractivity contribution in [1.82, 2.24) is 20.6 Å². The van der Waals surface area contributed by atoms with Gasteiger partial charge in [0.15, 0.2) is 5.82 Å². The molecule has 1 atom stereocenters. The quantitative estimate of drug-likeness (QED) is 0.262. The van der Waals surface area contributed by atoms with E-state index in [1.165, 1.54) is 10.1 Å². The molecule has 2 heterocycles. The molecule has 0 aliphatic heterocycles. The largest absolute Gasteiger partial charge is 0.489 e. The van der Waals surface area contributed by atoms with Gasteiger partial charge in [0.2, 0.25) is 0 Å². The van der Waals surface area contributed by atoms with E-state index in [1.807, 2.05) is 49.4 Å². The maximum absolute atomic E-state index is 6.45. The number of tetrazole rings is 1. The second-order valence-corrected chi connectivity index (χ2v) is 9.11. The van der Waals surface area contributed by atoms with Gasteiger partial charge in [-0.05, 0) is 53.8 Å². The first-order valence-electron chi connectivity index (χ1n) is 10.8. The van der Waals surface area contributed by atoms with Crippen molar-refractivity contribution in [2.45, 2.75) is 25.9 Å². The topological polar surface area (TPSA) is 63.7 Å². The van der Waals surface area contributed by atoms with Crippen LogP contribution in [0, 0.1) is 11.8 Å². The van der Waals surface area contributed by atoms with E-state index in [2.05, 4.69) is 62.1 Å². The van der Waals surface area contributed by atoms with Crippen molar-refractivity contribution in [3.8, 4) is 28.7 Å². The number of hydrogen-bond donors (Lipinski definition) is 1. The van der Waals surface area contributed by atoms with Crippen LogP contribution in [0.2, 0.25) is 5.02 Å². The minimum atomic E-state index is 0.000815. The van der Waals surface area contributed by atoms with E-state index in [4.69, 9.17) is 16.3 Å². The molecule has 0 radical (unpaired) electrons. The molecule has 1 N–H and O–H groups in total. The van der Waals surface area contributed by atoms with Gasteiger partial charge in [0.05, 0.1) is 5.92 Å². The molecule has 2 aromatic heterocycles. The van der Waals surface area contributed by atoms with Crippen LogP contribution in [0.3, 0.4) is 0 Å². The van der Waals surface area contributed by atoms with Crippen molar-refractivity contribution in [1.29, 1.82) is 0 Å². The molecule has 5 rings (SSSR count). The van der Waals surface area contributed by atoms with Crippen LogP contribution < -0.4 is 4.74 Å². The smallest absolute Gasteiger partial charge is 0.176 e. The van der Waals surface area contributed by atoms with Crippen molar-refractivity contribution < 1.29 is 4.74 Å². The third-order valence-electron chi connectivity index (χ3n) is 5.58. The van der Waals surface area contributed by atoms with Crippen LogP contribution in [0.25, 0.3) is 21.2 Å². The fourth-order valence-electron chi connectivity index (χ4n) is 3.90. The molecule has 0 spiro atoms. The Labute approximate surface area is 206 Å². The lowest BCUT2D eigenvalue weighted by Crippen LogP contribution is -2.03. The fourth-order valence-corrected chi connectivity index (χ4v) is 5.07. The zero-order chi connectivity index (χ0) is 23.3. The van der Waals surface area contributed by atoms with Gasteiger partial charge in [-0.15, -0.1) is 27.5 Å². The predicted octanol–water partition coefficient (Wildman–Crippen LogP) is 6.66. The molecule has 5 aromatic rings. The highest BCUT2D eigenvalue weighted by Crippen LogP contribution is 2.38. The monoisotopic (exact) mass is 484 g/mol. The van der Waals surface area contributed by atoms with Gasteiger partial charge in [-0.1, -0.05) is 59.1 Å². The molecular formula is C27H21ClN4OS. The van der Waals surface area contributed by atoms with Crippen molar-refractivity contribution in [2.75, 3.05) is 0 Å². The van der Waals surface area contributed by atoms with Gasteiger partial charge in [0, 0.05) is 32.7 Å². The Bertz CT molecular complexity index is 1470. The summed E-state index contributed by atoms with van der Waals surface area (Å²) < 4.78 is 7.32. The molecule has 0 bridgehead atoms. The Hall–Kier alpha value is -3.66. The normalized spacial score (nSPS) is 11.7. The molecule has 168 valence electrons. The predicted molar refractivity (Wildman–Crippen MR) is 137 cm³/mol. The summed E-state index contributed by atoms with van der Waals surface area (Å²) in [6.07, 6.45) is 0.603. The van der Waals surface area contributed by atoms with Gasteiger partial charge in [0.1, 0.15) is 12.4 Å². The van der Waals surface area contributed by atoms with Gasteiger partial charge in [-0.2, -0.15) is 5.21 Å². The van der Waals surface area contributed by atoms with E-state index >= 15 is 0 Å². The van der Waals surface area contributed by atoms with Gasteiger partial charge < -0.3 is 4.74 Å². The number of fused-ring (bicyclic) bond motifs is 1. The standard InChI is InChI=1S/C27H21ClN4OS/c1-2-5-20(15-27-29-31-32-30-27)19-9-11-21(12-10-19)33-16-18-8-13-26-23(14-18)24(17-34-26)22-6-3-4-7-25(22)28/h3-4,6-14,17,20H,15-16H2,1H3,(H,29,30,31,32)/t20-/m0/s1. The summed E-state index contributed by atoms with van der Waals surface area (Å²) >= 11 is 8.18. The third kappa shape index (κ3) is 4.81. The Kier molecular flexibility index (Phi) is 6.57. The maximum atomic E-state index is 6.45. The van der Waals surface area contributed by atoms with Crippen LogP contribution in [-0.4, -0.2) is 20.6 Å². The molecule has 0 fully saturated rings. The number of rotatable bonds is 7. The lowest BCUT2D eigenvalue weighted by Gasteiger charge is -2.11. The number of ether oxygens (including phenoxy) is 1. The lowest BCUT2D eigenvalue weighted by molar-refractivity contribution is 0.306. The Balaban J connectivity index is 1.31. The first kappa shape index (κ1) is 22.1. The second-order valence-electron chi connectivity index (χ2n) is 7.80. The van der Waals surface area contributed by atoms with E-state index < -0.39 is 0 Å². The Morgan fingerprint density at radius 2 is 1.91 bits per heavy atom. The molecule has 0 amide bonds. The maximum Gasteiger partial charge on any atom is 0.176 e. The van der Waals surface area contributed by atoms with Crippen LogP contribution >= 0.6 is 22.9 Å².